The summed E-state index contributed by atoms with van der Waals surface area (Å²) in [5, 5.41) is 0. The summed E-state index contributed by atoms with van der Waals surface area (Å²) in [7, 11) is 0. The van der Waals surface area contributed by atoms with Crippen LogP contribution in [0.2, 0.25) is 0 Å². The van der Waals surface area contributed by atoms with Crippen molar-refractivity contribution in [3.05, 3.63) is 0 Å². The quantitative estimate of drug-likeness (QED) is 0.539. The third-order valence-corrected chi connectivity index (χ3v) is 6.24. The molecule has 2 fully saturated rings. The van der Waals surface area contributed by atoms with Gasteiger partial charge in [-0.15, -0.1) is 0 Å². The second-order valence-corrected chi connectivity index (χ2v) is 6.88. The highest BCUT2D eigenvalue weighted by Gasteiger charge is 2.49. The fourth-order valence-electron chi connectivity index (χ4n) is 4.57. The van der Waals surface area contributed by atoms with E-state index in [1.54, 1.807) is 0 Å². The average molecular weight is 208 g/mol. The van der Waals surface area contributed by atoms with Crippen LogP contribution in [0.25, 0.3) is 0 Å². The Balaban J connectivity index is 2.27. The zero-order chi connectivity index (χ0) is 11.2. The van der Waals surface area contributed by atoms with Gasteiger partial charge in [0, 0.05) is 0 Å². The van der Waals surface area contributed by atoms with Crippen LogP contribution in [0.3, 0.4) is 0 Å². The van der Waals surface area contributed by atoms with E-state index in [1.165, 1.54) is 25.7 Å². The van der Waals surface area contributed by atoms with Crippen molar-refractivity contribution in [3.63, 3.8) is 0 Å². The van der Waals surface area contributed by atoms with E-state index in [4.69, 9.17) is 0 Å². The van der Waals surface area contributed by atoms with Crippen LogP contribution in [0.5, 0.6) is 0 Å². The highest BCUT2D eigenvalue weighted by molar-refractivity contribution is 4.98. The van der Waals surface area contributed by atoms with Crippen molar-refractivity contribution >= 4 is 0 Å². The van der Waals surface area contributed by atoms with E-state index in [0.717, 1.165) is 29.6 Å². The molecular formula is C15H28. The Morgan fingerprint density at radius 2 is 1.47 bits per heavy atom. The lowest BCUT2D eigenvalue weighted by atomic mass is 9.49. The van der Waals surface area contributed by atoms with Crippen LogP contribution < -0.4 is 0 Å². The zero-order valence-electron chi connectivity index (χ0n) is 11.2. The van der Waals surface area contributed by atoms with Gasteiger partial charge in [-0.05, 0) is 47.8 Å². The summed E-state index contributed by atoms with van der Waals surface area (Å²) in [4.78, 5) is 0. The summed E-state index contributed by atoms with van der Waals surface area (Å²) in [6.07, 6.45) is 5.98. The standard InChI is InChI=1S/C15H28/c1-10-11(2)13-8-6-7-9-14(13)15(4,5)12(10)3/h10-14H,6-9H2,1-5H3/t10?,11?,12-,13?,14?/m1/s1. The molecule has 0 heterocycles. The van der Waals surface area contributed by atoms with Crippen LogP contribution in [-0.4, -0.2) is 0 Å². The first-order chi connectivity index (χ1) is 6.96. The van der Waals surface area contributed by atoms with Crippen molar-refractivity contribution in [2.75, 3.05) is 0 Å². The average Bonchev–Trinajstić information content (AvgIpc) is 2.24. The van der Waals surface area contributed by atoms with Crippen molar-refractivity contribution in [2.45, 2.75) is 60.3 Å². The molecule has 2 aliphatic rings. The highest BCUT2D eigenvalue weighted by atomic mass is 14.5. The maximum atomic E-state index is 2.53. The molecule has 15 heavy (non-hydrogen) atoms. The number of fused-ring (bicyclic) bond motifs is 1. The molecular weight excluding hydrogens is 180 g/mol. The molecule has 2 aliphatic carbocycles. The molecule has 0 aromatic heterocycles. The first kappa shape index (κ1) is 11.5. The van der Waals surface area contributed by atoms with Gasteiger partial charge < -0.3 is 0 Å². The van der Waals surface area contributed by atoms with Crippen molar-refractivity contribution in [1.82, 2.24) is 0 Å². The second-order valence-electron chi connectivity index (χ2n) is 6.88. The van der Waals surface area contributed by atoms with Gasteiger partial charge in [0.2, 0.25) is 0 Å². The molecule has 0 spiro atoms. The molecule has 0 aromatic carbocycles. The van der Waals surface area contributed by atoms with Gasteiger partial charge in [0.25, 0.3) is 0 Å². The molecule has 2 rings (SSSR count). The maximum Gasteiger partial charge on any atom is -0.0295 e. The molecule has 0 radical (unpaired) electrons. The summed E-state index contributed by atoms with van der Waals surface area (Å²) in [5.74, 6) is 4.80. The van der Waals surface area contributed by atoms with Crippen LogP contribution in [-0.2, 0) is 0 Å². The zero-order valence-corrected chi connectivity index (χ0v) is 11.2. The van der Waals surface area contributed by atoms with E-state index in [-0.39, 0.29) is 0 Å². The molecule has 5 atom stereocenters. The number of rotatable bonds is 0. The second kappa shape index (κ2) is 3.79. The van der Waals surface area contributed by atoms with Crippen molar-refractivity contribution in [3.8, 4) is 0 Å². The largest absolute Gasteiger partial charge is 0.0620 e. The molecule has 0 aromatic rings. The Morgan fingerprint density at radius 3 is 2.13 bits per heavy atom. The fourth-order valence-corrected chi connectivity index (χ4v) is 4.57. The topological polar surface area (TPSA) is 0 Å². The van der Waals surface area contributed by atoms with Crippen LogP contribution in [0.4, 0.5) is 0 Å². The Morgan fingerprint density at radius 1 is 0.867 bits per heavy atom. The first-order valence-electron chi connectivity index (χ1n) is 6.96. The van der Waals surface area contributed by atoms with Crippen LogP contribution in [0, 0.1) is 35.0 Å². The third kappa shape index (κ3) is 1.65. The third-order valence-electron chi connectivity index (χ3n) is 6.24. The smallest absolute Gasteiger partial charge is 0.0295 e. The van der Waals surface area contributed by atoms with Crippen molar-refractivity contribution in [1.29, 1.82) is 0 Å². The van der Waals surface area contributed by atoms with Crippen LogP contribution >= 0.6 is 0 Å². The summed E-state index contributed by atoms with van der Waals surface area (Å²) < 4.78 is 0. The van der Waals surface area contributed by atoms with E-state index in [2.05, 4.69) is 34.6 Å². The SMILES string of the molecule is CC1C2CCCCC2C(C)(C)[C@H](C)C1C. The lowest BCUT2D eigenvalue weighted by Gasteiger charge is -2.56. The molecule has 0 N–H and O–H groups in total. The molecule has 0 aliphatic heterocycles. The van der Waals surface area contributed by atoms with E-state index < -0.39 is 0 Å². The summed E-state index contributed by atoms with van der Waals surface area (Å²) in [6, 6.07) is 0. The van der Waals surface area contributed by atoms with Gasteiger partial charge in [-0.2, -0.15) is 0 Å². The van der Waals surface area contributed by atoms with E-state index in [1.807, 2.05) is 0 Å². The highest BCUT2D eigenvalue weighted by Crippen LogP contribution is 2.57. The molecule has 0 heteroatoms. The number of hydrogen-bond donors (Lipinski definition) is 0. The van der Waals surface area contributed by atoms with Gasteiger partial charge in [-0.3, -0.25) is 0 Å². The Kier molecular flexibility index (Phi) is 2.90. The molecule has 0 saturated heterocycles. The minimum absolute atomic E-state index is 0.580. The molecule has 0 nitrogen and oxygen atoms in total. The maximum absolute atomic E-state index is 2.53. The lowest BCUT2D eigenvalue weighted by molar-refractivity contribution is -0.0741. The predicted octanol–water partition coefficient (Wildman–Crippen LogP) is 4.74. The minimum atomic E-state index is 0.580. The Labute approximate surface area is 95.8 Å². The van der Waals surface area contributed by atoms with Crippen molar-refractivity contribution < 1.29 is 0 Å². The van der Waals surface area contributed by atoms with Gasteiger partial charge in [-0.25, -0.2) is 0 Å². The van der Waals surface area contributed by atoms with Gasteiger partial charge in [0.05, 0.1) is 0 Å². The molecule has 88 valence electrons. The minimum Gasteiger partial charge on any atom is -0.0620 e. The van der Waals surface area contributed by atoms with Gasteiger partial charge in [0.1, 0.15) is 0 Å². The van der Waals surface area contributed by atoms with Gasteiger partial charge >= 0.3 is 0 Å². The van der Waals surface area contributed by atoms with Crippen LogP contribution in [0.15, 0.2) is 0 Å². The monoisotopic (exact) mass is 208 g/mol. The fraction of sp³-hybridized carbons (Fsp3) is 1.00. The molecule has 4 unspecified atom stereocenters. The Hall–Kier alpha value is 0. The molecule has 2 saturated carbocycles. The lowest BCUT2D eigenvalue weighted by Crippen LogP contribution is -2.49. The van der Waals surface area contributed by atoms with Crippen molar-refractivity contribution in [2.24, 2.45) is 35.0 Å². The summed E-state index contributed by atoms with van der Waals surface area (Å²) >= 11 is 0. The van der Waals surface area contributed by atoms with E-state index in [0.29, 0.717) is 5.41 Å². The molecule has 0 bridgehead atoms. The predicted molar refractivity (Wildman–Crippen MR) is 66.7 cm³/mol. The van der Waals surface area contributed by atoms with E-state index in [9.17, 15) is 0 Å². The summed E-state index contributed by atoms with van der Waals surface area (Å²) in [6.45, 7) is 12.6. The van der Waals surface area contributed by atoms with Crippen LogP contribution in [0.1, 0.15) is 60.3 Å². The van der Waals surface area contributed by atoms with Gasteiger partial charge in [0.15, 0.2) is 0 Å². The molecule has 0 amide bonds. The van der Waals surface area contributed by atoms with Gasteiger partial charge in [-0.1, -0.05) is 47.5 Å². The number of hydrogen-bond acceptors (Lipinski definition) is 0. The Bertz CT molecular complexity index is 228. The normalized spacial score (nSPS) is 49.8. The van der Waals surface area contributed by atoms with E-state index >= 15 is 0 Å². The summed E-state index contributed by atoms with van der Waals surface area (Å²) in [5.41, 5.74) is 0.580. The first-order valence-corrected chi connectivity index (χ1v) is 6.96.